The summed E-state index contributed by atoms with van der Waals surface area (Å²) in [5.74, 6) is 4.48. The summed E-state index contributed by atoms with van der Waals surface area (Å²) >= 11 is 1.78. The molecule has 1 N–H and O–H groups in total. The second-order valence-electron chi connectivity index (χ2n) is 3.56. The summed E-state index contributed by atoms with van der Waals surface area (Å²) in [6, 6.07) is 0.496. The van der Waals surface area contributed by atoms with Crippen molar-refractivity contribution < 1.29 is 0 Å². The second-order valence-corrected chi connectivity index (χ2v) is 4.66. The smallest absolute Gasteiger partial charge is 0.137 e. The third-order valence-corrected chi connectivity index (χ3v) is 3.05. The summed E-state index contributed by atoms with van der Waals surface area (Å²) in [7, 11) is 0. The van der Waals surface area contributed by atoms with E-state index < -0.39 is 0 Å². The zero-order valence-corrected chi connectivity index (χ0v) is 10.4. The number of nitrogens with one attached hydrogen (secondary N) is 1. The number of rotatable bonds is 8. The Hall–Kier alpha value is -0.990. The van der Waals surface area contributed by atoms with Crippen LogP contribution in [0.3, 0.4) is 0 Å². The van der Waals surface area contributed by atoms with Gasteiger partial charge < -0.3 is 5.32 Å². The molecule has 0 aliphatic carbocycles. The first-order chi connectivity index (χ1) is 7.83. The molecule has 1 aromatic heterocycles. The summed E-state index contributed by atoms with van der Waals surface area (Å²) in [4.78, 5) is 3.91. The van der Waals surface area contributed by atoms with Crippen LogP contribution in [0.5, 0.6) is 0 Å². The van der Waals surface area contributed by atoms with Crippen LogP contribution in [0.15, 0.2) is 12.7 Å². The Kier molecular flexibility index (Phi) is 6.70. The minimum atomic E-state index is 0.496. The molecule has 0 aliphatic heterocycles. The van der Waals surface area contributed by atoms with Gasteiger partial charge in [-0.05, 0) is 13.3 Å². The van der Waals surface area contributed by atoms with Gasteiger partial charge in [-0.15, -0.1) is 18.2 Å². The van der Waals surface area contributed by atoms with Crippen LogP contribution < -0.4 is 5.32 Å². The lowest BCUT2D eigenvalue weighted by molar-refractivity contribution is 0.468. The number of aromatic nitrogens is 3. The molecule has 0 saturated heterocycles. The fourth-order valence-electron chi connectivity index (χ4n) is 1.28. The van der Waals surface area contributed by atoms with Crippen LogP contribution in [0.25, 0.3) is 0 Å². The van der Waals surface area contributed by atoms with Gasteiger partial charge in [0.05, 0.1) is 5.75 Å². The maximum absolute atomic E-state index is 5.17. The highest BCUT2D eigenvalue weighted by atomic mass is 32.2. The first-order valence-corrected chi connectivity index (χ1v) is 6.55. The molecule has 0 amide bonds. The van der Waals surface area contributed by atoms with Crippen molar-refractivity contribution in [2.45, 2.75) is 25.9 Å². The number of thioether (sulfide) groups is 1. The van der Waals surface area contributed by atoms with Crippen LogP contribution in [0.1, 0.15) is 13.3 Å². The van der Waals surface area contributed by atoms with Gasteiger partial charge in [-0.2, -0.15) is 5.10 Å². The SMILES string of the molecule is C#CCSCCNC(C)CCn1cncn1. The number of hydrogen-bond donors (Lipinski definition) is 1. The molecule has 0 saturated carbocycles. The van der Waals surface area contributed by atoms with E-state index in [2.05, 4.69) is 28.2 Å². The fraction of sp³-hybridized carbons (Fsp3) is 0.636. The number of terminal acetylenes is 1. The van der Waals surface area contributed by atoms with Crippen molar-refractivity contribution in [3.05, 3.63) is 12.7 Å². The van der Waals surface area contributed by atoms with Gasteiger partial charge in [-0.1, -0.05) is 5.92 Å². The molecular formula is C11H18N4S. The molecule has 88 valence electrons. The van der Waals surface area contributed by atoms with E-state index in [0.717, 1.165) is 31.0 Å². The third-order valence-electron chi connectivity index (χ3n) is 2.18. The first kappa shape index (κ1) is 13.1. The zero-order chi connectivity index (χ0) is 11.6. The van der Waals surface area contributed by atoms with Gasteiger partial charge in [0.15, 0.2) is 0 Å². The van der Waals surface area contributed by atoms with Crippen molar-refractivity contribution in [2.75, 3.05) is 18.1 Å². The average molecular weight is 238 g/mol. The molecular weight excluding hydrogens is 220 g/mol. The molecule has 1 heterocycles. The molecule has 0 spiro atoms. The molecule has 0 bridgehead atoms. The summed E-state index contributed by atoms with van der Waals surface area (Å²) in [6.45, 7) is 4.10. The molecule has 0 radical (unpaired) electrons. The lowest BCUT2D eigenvalue weighted by Crippen LogP contribution is -2.29. The summed E-state index contributed by atoms with van der Waals surface area (Å²) in [6.07, 6.45) is 9.53. The molecule has 5 heteroatoms. The fourth-order valence-corrected chi connectivity index (χ4v) is 1.81. The summed E-state index contributed by atoms with van der Waals surface area (Å²) in [5, 5.41) is 7.51. The largest absolute Gasteiger partial charge is 0.313 e. The van der Waals surface area contributed by atoms with Gasteiger partial charge >= 0.3 is 0 Å². The topological polar surface area (TPSA) is 42.7 Å². The quantitative estimate of drug-likeness (QED) is 0.542. The van der Waals surface area contributed by atoms with Crippen molar-refractivity contribution in [3.63, 3.8) is 0 Å². The second kappa shape index (κ2) is 8.20. The van der Waals surface area contributed by atoms with Crippen LogP contribution in [-0.2, 0) is 6.54 Å². The van der Waals surface area contributed by atoms with Crippen LogP contribution in [0, 0.1) is 12.3 Å². The molecule has 1 unspecified atom stereocenters. The summed E-state index contributed by atoms with van der Waals surface area (Å²) < 4.78 is 1.85. The minimum Gasteiger partial charge on any atom is -0.313 e. The van der Waals surface area contributed by atoms with Crippen molar-refractivity contribution >= 4 is 11.8 Å². The van der Waals surface area contributed by atoms with Gasteiger partial charge in [-0.3, -0.25) is 4.68 Å². The normalized spacial score (nSPS) is 12.2. The Labute approximate surface area is 101 Å². The van der Waals surface area contributed by atoms with Crippen LogP contribution >= 0.6 is 11.8 Å². The minimum absolute atomic E-state index is 0.496. The average Bonchev–Trinajstić information content (AvgIpc) is 2.79. The van der Waals surface area contributed by atoms with Crippen molar-refractivity contribution in [1.29, 1.82) is 0 Å². The Morgan fingerprint density at radius 3 is 3.19 bits per heavy atom. The van der Waals surface area contributed by atoms with Crippen molar-refractivity contribution in [3.8, 4) is 12.3 Å². The van der Waals surface area contributed by atoms with E-state index >= 15 is 0 Å². The van der Waals surface area contributed by atoms with Crippen LogP contribution in [-0.4, -0.2) is 38.9 Å². The highest BCUT2D eigenvalue weighted by Crippen LogP contribution is 1.98. The lowest BCUT2D eigenvalue weighted by Gasteiger charge is -2.12. The number of aryl methyl sites for hydroxylation is 1. The lowest BCUT2D eigenvalue weighted by atomic mass is 10.2. The van der Waals surface area contributed by atoms with E-state index in [4.69, 9.17) is 6.42 Å². The molecule has 1 rings (SSSR count). The molecule has 4 nitrogen and oxygen atoms in total. The number of hydrogen-bond acceptors (Lipinski definition) is 4. The van der Waals surface area contributed by atoms with Crippen LogP contribution in [0.2, 0.25) is 0 Å². The van der Waals surface area contributed by atoms with E-state index in [0.29, 0.717) is 6.04 Å². The Balaban J connectivity index is 1.99. The van der Waals surface area contributed by atoms with Crippen LogP contribution in [0.4, 0.5) is 0 Å². The Morgan fingerprint density at radius 1 is 1.62 bits per heavy atom. The molecule has 1 atom stereocenters. The van der Waals surface area contributed by atoms with Gasteiger partial charge in [0.2, 0.25) is 0 Å². The molecule has 0 aromatic carbocycles. The van der Waals surface area contributed by atoms with Gasteiger partial charge in [0.1, 0.15) is 12.7 Å². The van der Waals surface area contributed by atoms with Crippen molar-refractivity contribution in [2.24, 2.45) is 0 Å². The Bertz CT molecular complexity index is 304. The molecule has 16 heavy (non-hydrogen) atoms. The van der Waals surface area contributed by atoms with Gasteiger partial charge in [0, 0.05) is 24.9 Å². The van der Waals surface area contributed by atoms with Gasteiger partial charge in [-0.25, -0.2) is 4.98 Å². The van der Waals surface area contributed by atoms with E-state index in [9.17, 15) is 0 Å². The predicted octanol–water partition coefficient (Wildman–Crippen LogP) is 1.01. The van der Waals surface area contributed by atoms with Crippen molar-refractivity contribution in [1.82, 2.24) is 20.1 Å². The van der Waals surface area contributed by atoms with E-state index in [1.54, 1.807) is 24.4 Å². The molecule has 0 aliphatic rings. The monoisotopic (exact) mass is 238 g/mol. The highest BCUT2D eigenvalue weighted by Gasteiger charge is 2.01. The Morgan fingerprint density at radius 2 is 2.50 bits per heavy atom. The maximum Gasteiger partial charge on any atom is 0.137 e. The number of nitrogens with zero attached hydrogens (tertiary/aromatic N) is 3. The standard InChI is InChI=1S/C11H18N4S/c1-3-7-16-8-5-13-11(2)4-6-15-10-12-9-14-15/h1,9-11,13H,4-8H2,2H3. The highest BCUT2D eigenvalue weighted by molar-refractivity contribution is 7.99. The predicted molar refractivity (Wildman–Crippen MR) is 68.3 cm³/mol. The van der Waals surface area contributed by atoms with E-state index in [-0.39, 0.29) is 0 Å². The maximum atomic E-state index is 5.17. The summed E-state index contributed by atoms with van der Waals surface area (Å²) in [5.41, 5.74) is 0. The van der Waals surface area contributed by atoms with E-state index in [1.807, 2.05) is 4.68 Å². The third kappa shape index (κ3) is 5.79. The molecule has 0 fully saturated rings. The van der Waals surface area contributed by atoms with Gasteiger partial charge in [0.25, 0.3) is 0 Å². The van der Waals surface area contributed by atoms with E-state index in [1.165, 1.54) is 0 Å². The zero-order valence-electron chi connectivity index (χ0n) is 9.59. The first-order valence-electron chi connectivity index (χ1n) is 5.40. The molecule has 1 aromatic rings.